The van der Waals surface area contributed by atoms with Crippen molar-refractivity contribution in [1.29, 1.82) is 0 Å². The average molecular weight is 603 g/mol. The number of hydrogen-bond acceptors (Lipinski definition) is 6. The summed E-state index contributed by atoms with van der Waals surface area (Å²) in [6.45, 7) is 3.44. The van der Waals surface area contributed by atoms with Gasteiger partial charge in [0, 0.05) is 22.0 Å². The molecule has 8 nitrogen and oxygen atoms in total. The van der Waals surface area contributed by atoms with Gasteiger partial charge in [0.05, 0.1) is 37.5 Å². The van der Waals surface area contributed by atoms with Crippen molar-refractivity contribution in [3.05, 3.63) is 126 Å². The van der Waals surface area contributed by atoms with E-state index in [-0.39, 0.29) is 21.7 Å². The fourth-order valence-electron chi connectivity index (χ4n) is 5.20. The van der Waals surface area contributed by atoms with Crippen LogP contribution in [0.4, 0.5) is 4.39 Å². The van der Waals surface area contributed by atoms with Crippen LogP contribution in [0.1, 0.15) is 34.0 Å². The van der Waals surface area contributed by atoms with Gasteiger partial charge >= 0.3 is 0 Å². The summed E-state index contributed by atoms with van der Waals surface area (Å²) in [5.74, 6) is -1.73. The third-order valence-electron chi connectivity index (χ3n) is 7.05. The number of halogens is 2. The average Bonchev–Trinajstić information content (AvgIpc) is 3.70. The molecule has 7 rings (SSSR count). The van der Waals surface area contributed by atoms with Crippen molar-refractivity contribution in [2.45, 2.75) is 19.8 Å². The molecule has 0 aliphatic rings. The van der Waals surface area contributed by atoms with E-state index in [2.05, 4.69) is 20.2 Å². The summed E-state index contributed by atoms with van der Waals surface area (Å²) in [5, 5.41) is 7.17. The van der Waals surface area contributed by atoms with E-state index >= 15 is 4.39 Å². The smallest absolute Gasteiger partial charge is 0.277 e. The molecule has 204 valence electrons. The minimum atomic E-state index is -1.11. The van der Waals surface area contributed by atoms with E-state index in [1.54, 1.807) is 19.9 Å². The molecule has 2 N–H and O–H groups in total. The molecule has 0 bridgehead atoms. The lowest BCUT2D eigenvalue weighted by Gasteiger charge is -2.18. The molecule has 3 aromatic carbocycles. The van der Waals surface area contributed by atoms with E-state index in [9.17, 15) is 9.59 Å². The zero-order valence-electron chi connectivity index (χ0n) is 21.6. The number of nitrogens with one attached hydrogen (secondary N) is 2. The lowest BCUT2D eigenvalue weighted by atomic mass is 9.85. The SMILES string of the molecule is Cc1[nH]n(-c2nc3ccccc3s2)c(=O)c1C(c1c(F)cccc1Cl)c1c(C)[nH]n(-c2nc3ccccc3s2)c1=O. The number of benzene rings is 3. The van der Waals surface area contributed by atoms with Crippen LogP contribution >= 0.6 is 34.3 Å². The van der Waals surface area contributed by atoms with Gasteiger partial charge in [-0.15, -0.1) is 0 Å². The first-order chi connectivity index (χ1) is 19.8. The lowest BCUT2D eigenvalue weighted by molar-refractivity contribution is 0.605. The number of rotatable bonds is 5. The van der Waals surface area contributed by atoms with Gasteiger partial charge in [-0.3, -0.25) is 19.8 Å². The highest BCUT2D eigenvalue weighted by Crippen LogP contribution is 2.38. The predicted octanol–water partition coefficient (Wildman–Crippen LogP) is 6.45. The number of H-pyrrole nitrogens is 2. The van der Waals surface area contributed by atoms with E-state index in [0.29, 0.717) is 21.7 Å². The van der Waals surface area contributed by atoms with Crippen LogP contribution in [0.2, 0.25) is 5.02 Å². The topological polar surface area (TPSA) is 101 Å². The quantitative estimate of drug-likeness (QED) is 0.236. The van der Waals surface area contributed by atoms with Crippen molar-refractivity contribution >= 4 is 54.7 Å². The molecule has 0 spiro atoms. The van der Waals surface area contributed by atoms with Gasteiger partial charge in [-0.2, -0.15) is 9.36 Å². The maximum atomic E-state index is 15.6. The fourth-order valence-corrected chi connectivity index (χ4v) is 7.32. The highest BCUT2D eigenvalue weighted by Gasteiger charge is 2.34. The van der Waals surface area contributed by atoms with E-state index < -0.39 is 22.9 Å². The van der Waals surface area contributed by atoms with Crippen LogP contribution in [0.5, 0.6) is 0 Å². The summed E-state index contributed by atoms with van der Waals surface area (Å²) in [5.41, 5.74) is 1.98. The number of aromatic amines is 2. The van der Waals surface area contributed by atoms with E-state index in [1.165, 1.54) is 44.2 Å². The Balaban J connectivity index is 1.47. The Morgan fingerprint density at radius 1 is 0.732 bits per heavy atom. The van der Waals surface area contributed by atoms with E-state index in [0.717, 1.165) is 20.4 Å². The first kappa shape index (κ1) is 25.6. The molecular weight excluding hydrogens is 583 g/mol. The van der Waals surface area contributed by atoms with Crippen molar-refractivity contribution in [1.82, 2.24) is 29.5 Å². The molecule has 0 fully saturated rings. The molecule has 0 amide bonds. The van der Waals surface area contributed by atoms with Crippen LogP contribution in [-0.2, 0) is 0 Å². The Morgan fingerprint density at radius 3 is 1.68 bits per heavy atom. The molecule has 0 aliphatic heterocycles. The number of aromatic nitrogens is 6. The molecule has 41 heavy (non-hydrogen) atoms. The van der Waals surface area contributed by atoms with Gasteiger partial charge in [-0.1, -0.05) is 64.6 Å². The molecule has 7 aromatic rings. The normalized spacial score (nSPS) is 11.8. The number of hydrogen-bond donors (Lipinski definition) is 2. The molecule has 0 saturated heterocycles. The summed E-state index contributed by atoms with van der Waals surface area (Å²) < 4.78 is 20.1. The Morgan fingerprint density at radius 2 is 1.22 bits per heavy atom. The zero-order valence-corrected chi connectivity index (χ0v) is 24.0. The van der Waals surface area contributed by atoms with Gasteiger partial charge in [0.25, 0.3) is 11.1 Å². The van der Waals surface area contributed by atoms with Gasteiger partial charge in [0.2, 0.25) is 10.3 Å². The second kappa shape index (κ2) is 9.65. The predicted molar refractivity (Wildman–Crippen MR) is 161 cm³/mol. The molecule has 0 aliphatic carbocycles. The molecular formula is C29H20ClFN6O2S2. The summed E-state index contributed by atoms with van der Waals surface area (Å²) >= 11 is 9.28. The molecule has 4 heterocycles. The summed E-state index contributed by atoms with van der Waals surface area (Å²) in [6.07, 6.45) is 0. The van der Waals surface area contributed by atoms with Gasteiger partial charge in [-0.05, 0) is 50.2 Å². The molecule has 0 saturated carbocycles. The molecule has 0 unspecified atom stereocenters. The minimum absolute atomic E-state index is 0.0421. The maximum Gasteiger partial charge on any atom is 0.277 e. The number of fused-ring (bicyclic) bond motifs is 2. The van der Waals surface area contributed by atoms with Gasteiger partial charge in [0.15, 0.2) is 0 Å². The Hall–Kier alpha value is -4.32. The van der Waals surface area contributed by atoms with Crippen LogP contribution < -0.4 is 11.1 Å². The Bertz CT molecular complexity index is 2020. The lowest BCUT2D eigenvalue weighted by Crippen LogP contribution is -2.26. The van der Waals surface area contributed by atoms with Gasteiger partial charge in [0.1, 0.15) is 5.82 Å². The Kier molecular flexibility index (Phi) is 6.03. The van der Waals surface area contributed by atoms with E-state index in [1.807, 2.05) is 48.5 Å². The van der Waals surface area contributed by atoms with Crippen LogP contribution in [0.15, 0.2) is 76.3 Å². The minimum Gasteiger partial charge on any atom is -0.293 e. The second-order valence-corrected chi connectivity index (χ2v) is 12.0. The highest BCUT2D eigenvalue weighted by atomic mass is 35.5. The second-order valence-electron chi connectivity index (χ2n) is 9.58. The summed E-state index contributed by atoms with van der Waals surface area (Å²) in [6, 6.07) is 19.5. The first-order valence-electron chi connectivity index (χ1n) is 12.6. The maximum absolute atomic E-state index is 15.6. The Labute approximate surface area is 244 Å². The van der Waals surface area contributed by atoms with Gasteiger partial charge in [-0.25, -0.2) is 14.4 Å². The highest BCUT2D eigenvalue weighted by molar-refractivity contribution is 7.21. The molecule has 0 atom stereocenters. The third-order valence-corrected chi connectivity index (χ3v) is 9.42. The van der Waals surface area contributed by atoms with Crippen molar-refractivity contribution in [3.8, 4) is 10.3 Å². The molecule has 0 radical (unpaired) electrons. The van der Waals surface area contributed by atoms with Gasteiger partial charge < -0.3 is 0 Å². The number of nitrogens with zero attached hydrogens (tertiary/aromatic N) is 4. The van der Waals surface area contributed by atoms with Crippen LogP contribution in [0, 0.1) is 19.7 Å². The van der Waals surface area contributed by atoms with E-state index in [4.69, 9.17) is 11.6 Å². The third kappa shape index (κ3) is 4.07. The van der Waals surface area contributed by atoms with Crippen molar-refractivity contribution in [2.75, 3.05) is 0 Å². The monoisotopic (exact) mass is 602 g/mol. The van der Waals surface area contributed by atoms with Crippen molar-refractivity contribution in [2.24, 2.45) is 0 Å². The fraction of sp³-hybridized carbons (Fsp3) is 0.103. The molecule has 12 heteroatoms. The largest absolute Gasteiger partial charge is 0.293 e. The van der Waals surface area contributed by atoms with Crippen molar-refractivity contribution < 1.29 is 4.39 Å². The standard InChI is InChI=1S/C29H20ClFN6O2S2/c1-14-22(26(38)36(34-14)28-32-18-10-3-5-12-20(18)40-28)25(24-16(30)8-7-9-17(24)31)23-15(2)35-37(27(23)39)29-33-19-11-4-6-13-21(19)41-29/h3-13,25,34-35H,1-2H3. The molecule has 4 aromatic heterocycles. The van der Waals surface area contributed by atoms with Crippen LogP contribution in [-0.4, -0.2) is 29.5 Å². The zero-order chi connectivity index (χ0) is 28.4. The summed E-state index contributed by atoms with van der Waals surface area (Å²) in [7, 11) is 0. The first-order valence-corrected chi connectivity index (χ1v) is 14.6. The number of para-hydroxylation sites is 2. The van der Waals surface area contributed by atoms with Crippen LogP contribution in [0.3, 0.4) is 0 Å². The van der Waals surface area contributed by atoms with Crippen LogP contribution in [0.25, 0.3) is 30.7 Å². The van der Waals surface area contributed by atoms with Crippen molar-refractivity contribution in [3.63, 3.8) is 0 Å². The number of thiazole rings is 2. The summed E-state index contributed by atoms with van der Waals surface area (Å²) in [4.78, 5) is 37.4. The number of aryl methyl sites for hydroxylation is 2.